The van der Waals surface area contributed by atoms with E-state index in [1.54, 1.807) is 0 Å². The summed E-state index contributed by atoms with van der Waals surface area (Å²) in [5.41, 5.74) is 5.64. The van der Waals surface area contributed by atoms with Gasteiger partial charge in [0.05, 0.1) is 0 Å². The van der Waals surface area contributed by atoms with Crippen LogP contribution in [0.15, 0.2) is 48.5 Å². The molecule has 3 rings (SSSR count). The third kappa shape index (κ3) is 25.7. The third-order valence-corrected chi connectivity index (χ3v) is 9.40. The van der Waals surface area contributed by atoms with E-state index in [0.717, 1.165) is 36.1 Å². The van der Waals surface area contributed by atoms with Crippen molar-refractivity contribution in [3.8, 4) is 0 Å². The van der Waals surface area contributed by atoms with Crippen LogP contribution in [0.2, 0.25) is 0 Å². The van der Waals surface area contributed by atoms with Crippen LogP contribution >= 0.6 is 0 Å². The van der Waals surface area contributed by atoms with Crippen LogP contribution in [0, 0.1) is 29.6 Å². The molecule has 0 spiro atoms. The van der Waals surface area contributed by atoms with Gasteiger partial charge >= 0.3 is 0 Å². The van der Waals surface area contributed by atoms with Crippen molar-refractivity contribution in [1.29, 1.82) is 0 Å². The molecule has 2 aromatic carbocycles. The second-order valence-corrected chi connectivity index (χ2v) is 18.1. The van der Waals surface area contributed by atoms with Crippen LogP contribution in [0.1, 0.15) is 164 Å². The van der Waals surface area contributed by atoms with E-state index >= 15 is 0 Å². The van der Waals surface area contributed by atoms with Gasteiger partial charge in [-0.1, -0.05) is 138 Å². The second kappa shape index (κ2) is 25.2. The number of hydrogen-bond acceptors (Lipinski definition) is 3. The van der Waals surface area contributed by atoms with Crippen LogP contribution in [0.3, 0.4) is 0 Å². The van der Waals surface area contributed by atoms with Gasteiger partial charge in [0.15, 0.2) is 0 Å². The molecule has 0 saturated heterocycles. The zero-order valence-corrected chi connectivity index (χ0v) is 34.9. The maximum absolute atomic E-state index is 3.58. The lowest BCUT2D eigenvalue weighted by atomic mass is 9.79. The Labute approximate surface area is 307 Å². The van der Waals surface area contributed by atoms with E-state index in [1.165, 1.54) is 99.6 Å². The molecule has 0 aliphatic heterocycles. The number of nitrogens with one attached hydrogen (secondary N) is 3. The summed E-state index contributed by atoms with van der Waals surface area (Å²) in [4.78, 5) is 0. The summed E-state index contributed by atoms with van der Waals surface area (Å²) in [6.45, 7) is 31.4. The van der Waals surface area contributed by atoms with Crippen molar-refractivity contribution in [1.82, 2.24) is 10.6 Å². The molecule has 0 unspecified atom stereocenters. The van der Waals surface area contributed by atoms with Gasteiger partial charge in [-0.15, -0.1) is 0 Å². The van der Waals surface area contributed by atoms with Gasteiger partial charge in [-0.2, -0.15) is 0 Å². The first-order chi connectivity index (χ1) is 23.0. The molecule has 49 heavy (non-hydrogen) atoms. The monoisotopic (exact) mass is 678 g/mol. The van der Waals surface area contributed by atoms with E-state index in [-0.39, 0.29) is 5.54 Å². The average Bonchev–Trinajstić information content (AvgIpc) is 3.02. The van der Waals surface area contributed by atoms with Gasteiger partial charge < -0.3 is 16.0 Å². The Kier molecular flexibility index (Phi) is 23.2. The van der Waals surface area contributed by atoms with E-state index in [2.05, 4.69) is 154 Å². The van der Waals surface area contributed by atoms with Crippen LogP contribution in [-0.2, 0) is 19.4 Å². The van der Waals surface area contributed by atoms with Crippen molar-refractivity contribution < 1.29 is 0 Å². The van der Waals surface area contributed by atoms with Gasteiger partial charge in [-0.25, -0.2) is 0 Å². The van der Waals surface area contributed by atoms with Crippen molar-refractivity contribution in [2.75, 3.05) is 11.9 Å². The summed E-state index contributed by atoms with van der Waals surface area (Å²) in [6.07, 6.45) is 15.1. The third-order valence-electron chi connectivity index (χ3n) is 9.40. The molecule has 0 radical (unpaired) electrons. The predicted octanol–water partition coefficient (Wildman–Crippen LogP) is 12.9. The lowest BCUT2D eigenvalue weighted by Gasteiger charge is -2.29. The topological polar surface area (TPSA) is 36.1 Å². The van der Waals surface area contributed by atoms with E-state index in [0.29, 0.717) is 12.1 Å². The van der Waals surface area contributed by atoms with Crippen LogP contribution in [0.25, 0.3) is 0 Å². The quantitative estimate of drug-likeness (QED) is 0.156. The number of anilines is 1. The summed E-state index contributed by atoms with van der Waals surface area (Å²) in [7, 11) is 0. The Bertz CT molecular complexity index is 984. The lowest BCUT2D eigenvalue weighted by Crippen LogP contribution is -2.31. The fraction of sp³-hybridized carbons (Fsp3) is 0.739. The highest BCUT2D eigenvalue weighted by Crippen LogP contribution is 2.32. The van der Waals surface area contributed by atoms with Gasteiger partial charge in [0.2, 0.25) is 0 Å². The molecule has 1 aliphatic rings. The highest BCUT2D eigenvalue weighted by atomic mass is 14.9. The van der Waals surface area contributed by atoms with E-state index in [4.69, 9.17) is 0 Å². The minimum absolute atomic E-state index is 0.138. The van der Waals surface area contributed by atoms with Gasteiger partial charge in [0, 0.05) is 29.9 Å². The molecule has 0 atom stereocenters. The first-order valence-corrected chi connectivity index (χ1v) is 20.4. The van der Waals surface area contributed by atoms with E-state index in [9.17, 15) is 0 Å². The van der Waals surface area contributed by atoms with Crippen molar-refractivity contribution in [3.63, 3.8) is 0 Å². The zero-order chi connectivity index (χ0) is 36.8. The van der Waals surface area contributed by atoms with E-state index in [1.807, 2.05) is 0 Å². The molecule has 1 saturated carbocycles. The average molecular weight is 678 g/mol. The van der Waals surface area contributed by atoms with Gasteiger partial charge in [0.1, 0.15) is 0 Å². The zero-order valence-electron chi connectivity index (χ0n) is 34.9. The Morgan fingerprint density at radius 3 is 1.51 bits per heavy atom. The van der Waals surface area contributed by atoms with Crippen LogP contribution in [-0.4, -0.2) is 24.2 Å². The molecule has 1 fully saturated rings. The number of hydrogen-bond donors (Lipinski definition) is 3. The van der Waals surface area contributed by atoms with Crippen molar-refractivity contribution in [3.05, 3.63) is 65.2 Å². The van der Waals surface area contributed by atoms with Crippen molar-refractivity contribution in [2.45, 2.75) is 185 Å². The van der Waals surface area contributed by atoms with Gasteiger partial charge in [0.25, 0.3) is 0 Å². The van der Waals surface area contributed by atoms with E-state index < -0.39 is 0 Å². The lowest BCUT2D eigenvalue weighted by molar-refractivity contribution is 0.245. The number of rotatable bonds is 17. The summed E-state index contributed by atoms with van der Waals surface area (Å²) >= 11 is 0. The molecule has 0 bridgehead atoms. The normalized spacial score (nSPS) is 16.5. The first-order valence-electron chi connectivity index (χ1n) is 20.4. The molecule has 1 aliphatic carbocycles. The Balaban J connectivity index is 0.000000368. The molecule has 0 amide bonds. The predicted molar refractivity (Wildman–Crippen MR) is 222 cm³/mol. The second-order valence-electron chi connectivity index (χ2n) is 18.1. The summed E-state index contributed by atoms with van der Waals surface area (Å²) in [5.74, 6) is 4.50. The van der Waals surface area contributed by atoms with Crippen LogP contribution < -0.4 is 16.0 Å². The standard InChI is InChI=1S/C16H27N.C15H31N.C15H25N/c1-13(2)7-6-8-14-9-11-15(12-10-14)17-16(3,4)5;2*1-12(2)5-6-14-7-9-15(10-8-14)11-16-13(3)4/h9-13,17H,6-8H2,1-5H3;12-16H,5-11H2,1-4H3;7-10,12-13,16H,5-6,11H2,1-4H3. The summed E-state index contributed by atoms with van der Waals surface area (Å²) in [5, 5.41) is 10.5. The minimum atomic E-state index is 0.138. The SMILES string of the molecule is CC(C)CCC1CCC(CNC(C)C)CC1.CC(C)CCCc1ccc(NC(C)(C)C)cc1.CC(C)CCc1ccc(CNC(C)C)cc1. The number of benzene rings is 2. The molecular weight excluding hydrogens is 595 g/mol. The fourth-order valence-corrected chi connectivity index (χ4v) is 6.20. The van der Waals surface area contributed by atoms with Crippen LogP contribution in [0.5, 0.6) is 0 Å². The Morgan fingerprint density at radius 2 is 1.02 bits per heavy atom. The summed E-state index contributed by atoms with van der Waals surface area (Å²) in [6, 6.07) is 19.1. The molecule has 3 nitrogen and oxygen atoms in total. The maximum atomic E-state index is 3.58. The first kappa shape index (κ1) is 45.2. The molecule has 2 aromatic rings. The Hall–Kier alpha value is -1.84. The van der Waals surface area contributed by atoms with Crippen molar-refractivity contribution in [2.24, 2.45) is 29.6 Å². The molecule has 0 aromatic heterocycles. The largest absolute Gasteiger partial charge is 0.380 e. The smallest absolute Gasteiger partial charge is 0.0344 e. The molecular formula is C46H83N3. The van der Waals surface area contributed by atoms with Gasteiger partial charge in [-0.05, 0) is 124 Å². The Morgan fingerprint density at radius 1 is 0.551 bits per heavy atom. The van der Waals surface area contributed by atoms with Crippen molar-refractivity contribution >= 4 is 5.69 Å². The summed E-state index contributed by atoms with van der Waals surface area (Å²) < 4.78 is 0. The molecule has 282 valence electrons. The highest BCUT2D eigenvalue weighted by Gasteiger charge is 2.21. The number of aryl methyl sites for hydroxylation is 2. The maximum Gasteiger partial charge on any atom is 0.0344 e. The minimum Gasteiger partial charge on any atom is -0.380 e. The highest BCUT2D eigenvalue weighted by molar-refractivity contribution is 5.46. The molecule has 3 heteroatoms. The molecule has 3 N–H and O–H groups in total. The van der Waals surface area contributed by atoms with Gasteiger partial charge in [-0.3, -0.25) is 0 Å². The van der Waals surface area contributed by atoms with Crippen LogP contribution in [0.4, 0.5) is 5.69 Å². The fourth-order valence-electron chi connectivity index (χ4n) is 6.20. The molecule has 0 heterocycles.